The lowest BCUT2D eigenvalue weighted by molar-refractivity contribution is -0.384. The van der Waals surface area contributed by atoms with Crippen LogP contribution >= 0.6 is 0 Å². The molecule has 0 aliphatic rings. The minimum absolute atomic E-state index is 0.0252. The summed E-state index contributed by atoms with van der Waals surface area (Å²) >= 11 is 0. The maximum absolute atomic E-state index is 12.5. The van der Waals surface area contributed by atoms with Crippen LogP contribution in [0.15, 0.2) is 18.2 Å². The maximum Gasteiger partial charge on any atom is 0.294 e. The predicted octanol–water partition coefficient (Wildman–Crippen LogP) is 2.58. The Balaban J connectivity index is 3.19. The third-order valence-electron chi connectivity index (χ3n) is 4.04. The molecule has 0 heterocycles. The summed E-state index contributed by atoms with van der Waals surface area (Å²) in [5.41, 5.74) is 1.93. The number of amides is 1. The van der Waals surface area contributed by atoms with E-state index in [0.29, 0.717) is 0 Å². The highest BCUT2D eigenvalue weighted by Crippen LogP contribution is 2.28. The Kier molecular flexibility index (Phi) is 5.66. The SMILES string of the molecule is CCC(CC)(CC)NC(=O)c1cccc([N+](=O)[O-])c1NN. The van der Waals surface area contributed by atoms with Crippen LogP contribution in [0.2, 0.25) is 0 Å². The lowest BCUT2D eigenvalue weighted by Crippen LogP contribution is -2.47. The third-order valence-corrected chi connectivity index (χ3v) is 4.04. The van der Waals surface area contributed by atoms with Gasteiger partial charge in [-0.15, -0.1) is 0 Å². The van der Waals surface area contributed by atoms with Crippen molar-refractivity contribution < 1.29 is 9.72 Å². The molecule has 0 aromatic heterocycles. The number of hydrogen-bond acceptors (Lipinski definition) is 5. The van der Waals surface area contributed by atoms with Gasteiger partial charge in [0, 0.05) is 11.6 Å². The summed E-state index contributed by atoms with van der Waals surface area (Å²) in [5, 5.41) is 14.0. The Morgan fingerprint density at radius 3 is 2.29 bits per heavy atom. The van der Waals surface area contributed by atoms with Crippen molar-refractivity contribution in [2.24, 2.45) is 5.84 Å². The number of rotatable bonds is 7. The number of hydrazine groups is 1. The van der Waals surface area contributed by atoms with Gasteiger partial charge in [-0.3, -0.25) is 20.8 Å². The van der Waals surface area contributed by atoms with Crippen molar-refractivity contribution in [3.05, 3.63) is 33.9 Å². The number of nitrogens with two attached hydrogens (primary N) is 1. The van der Waals surface area contributed by atoms with Gasteiger partial charge in [0.2, 0.25) is 0 Å². The van der Waals surface area contributed by atoms with E-state index in [1.807, 2.05) is 20.8 Å². The number of nitrogens with zero attached hydrogens (tertiary/aromatic N) is 1. The molecule has 0 aliphatic heterocycles. The molecule has 0 spiro atoms. The number of nitro benzene ring substituents is 1. The molecule has 116 valence electrons. The number of nitrogen functional groups attached to an aromatic ring is 1. The van der Waals surface area contributed by atoms with Crippen LogP contribution < -0.4 is 16.6 Å². The molecule has 0 atom stereocenters. The Morgan fingerprint density at radius 1 is 1.29 bits per heavy atom. The zero-order valence-corrected chi connectivity index (χ0v) is 12.6. The minimum atomic E-state index is -0.571. The molecule has 0 unspecified atom stereocenters. The maximum atomic E-state index is 12.5. The smallest absolute Gasteiger partial charge is 0.294 e. The van der Waals surface area contributed by atoms with E-state index in [4.69, 9.17) is 5.84 Å². The van der Waals surface area contributed by atoms with E-state index in [1.165, 1.54) is 18.2 Å². The monoisotopic (exact) mass is 294 g/mol. The molecule has 21 heavy (non-hydrogen) atoms. The largest absolute Gasteiger partial charge is 0.347 e. The Morgan fingerprint density at radius 2 is 1.86 bits per heavy atom. The molecule has 0 bridgehead atoms. The molecular formula is C14H22N4O3. The van der Waals surface area contributed by atoms with Crippen LogP contribution in [0, 0.1) is 10.1 Å². The molecule has 1 aromatic carbocycles. The van der Waals surface area contributed by atoms with Gasteiger partial charge in [-0.2, -0.15) is 0 Å². The molecule has 0 aliphatic carbocycles. The second-order valence-corrected chi connectivity index (χ2v) is 4.90. The van der Waals surface area contributed by atoms with Crippen molar-refractivity contribution in [3.8, 4) is 0 Å². The van der Waals surface area contributed by atoms with E-state index >= 15 is 0 Å². The molecule has 1 amide bonds. The van der Waals surface area contributed by atoms with Gasteiger partial charge in [0.15, 0.2) is 0 Å². The van der Waals surface area contributed by atoms with Crippen LogP contribution in [-0.4, -0.2) is 16.4 Å². The first-order chi connectivity index (χ1) is 9.94. The summed E-state index contributed by atoms with van der Waals surface area (Å²) < 4.78 is 0. The van der Waals surface area contributed by atoms with Crippen LogP contribution in [0.1, 0.15) is 50.4 Å². The fourth-order valence-corrected chi connectivity index (χ4v) is 2.36. The standard InChI is InChI=1S/C14H22N4O3/c1-4-14(5-2,6-3)16-13(19)10-8-7-9-11(18(20)21)12(10)17-15/h7-9,17H,4-6,15H2,1-3H3,(H,16,19). The number of nitrogens with one attached hydrogen (secondary N) is 2. The summed E-state index contributed by atoms with van der Waals surface area (Å²) in [7, 11) is 0. The second kappa shape index (κ2) is 7.03. The normalized spacial score (nSPS) is 11.0. The number of hydrogen-bond donors (Lipinski definition) is 3. The van der Waals surface area contributed by atoms with Gasteiger partial charge in [0.25, 0.3) is 11.6 Å². The fraction of sp³-hybridized carbons (Fsp3) is 0.500. The minimum Gasteiger partial charge on any atom is -0.347 e. The predicted molar refractivity (Wildman–Crippen MR) is 82.0 cm³/mol. The zero-order valence-electron chi connectivity index (χ0n) is 12.6. The Labute approximate surface area is 124 Å². The van der Waals surface area contributed by atoms with Crippen molar-refractivity contribution in [3.63, 3.8) is 0 Å². The molecule has 1 aromatic rings. The van der Waals surface area contributed by atoms with E-state index in [2.05, 4.69) is 10.7 Å². The fourth-order valence-electron chi connectivity index (χ4n) is 2.36. The third kappa shape index (κ3) is 3.49. The Hall–Kier alpha value is -2.15. The molecule has 0 saturated carbocycles. The van der Waals surface area contributed by atoms with Crippen molar-refractivity contribution in [1.29, 1.82) is 0 Å². The lowest BCUT2D eigenvalue weighted by atomic mass is 9.89. The Bertz CT molecular complexity index is 519. The molecule has 1 rings (SSSR count). The molecule has 7 nitrogen and oxygen atoms in total. The summed E-state index contributed by atoms with van der Waals surface area (Å²) in [6.45, 7) is 6.01. The molecule has 0 fully saturated rings. The van der Waals surface area contributed by atoms with Crippen molar-refractivity contribution >= 4 is 17.3 Å². The molecule has 4 N–H and O–H groups in total. The number of nitro groups is 1. The summed E-state index contributed by atoms with van der Waals surface area (Å²) in [6.07, 6.45) is 2.35. The molecule has 0 radical (unpaired) electrons. The first kappa shape index (κ1) is 16.9. The first-order valence-electron chi connectivity index (χ1n) is 7.01. The number of carbonyl (C=O) groups is 1. The van der Waals surface area contributed by atoms with Gasteiger partial charge < -0.3 is 10.7 Å². The molecular weight excluding hydrogens is 272 g/mol. The van der Waals surface area contributed by atoms with Gasteiger partial charge in [0.05, 0.1) is 10.5 Å². The van der Waals surface area contributed by atoms with Gasteiger partial charge in [-0.25, -0.2) is 0 Å². The quantitative estimate of drug-likeness (QED) is 0.406. The first-order valence-corrected chi connectivity index (χ1v) is 7.01. The van der Waals surface area contributed by atoms with Gasteiger partial charge in [-0.05, 0) is 25.3 Å². The molecule has 7 heteroatoms. The van der Waals surface area contributed by atoms with E-state index in [9.17, 15) is 14.9 Å². The van der Waals surface area contributed by atoms with E-state index in [-0.39, 0.29) is 28.4 Å². The highest BCUT2D eigenvalue weighted by atomic mass is 16.6. The number of benzene rings is 1. The number of carbonyl (C=O) groups excluding carboxylic acids is 1. The van der Waals surface area contributed by atoms with Crippen LogP contribution in [0.3, 0.4) is 0 Å². The summed E-state index contributed by atoms with van der Waals surface area (Å²) in [5.74, 6) is 4.99. The zero-order chi connectivity index (χ0) is 16.0. The van der Waals surface area contributed by atoms with Crippen molar-refractivity contribution in [2.45, 2.75) is 45.6 Å². The highest BCUT2D eigenvalue weighted by Gasteiger charge is 2.29. The average molecular weight is 294 g/mol. The van der Waals surface area contributed by atoms with Crippen molar-refractivity contribution in [2.75, 3.05) is 5.43 Å². The summed E-state index contributed by atoms with van der Waals surface area (Å²) in [4.78, 5) is 22.9. The van der Waals surface area contributed by atoms with Gasteiger partial charge in [0.1, 0.15) is 5.69 Å². The van der Waals surface area contributed by atoms with Crippen LogP contribution in [0.4, 0.5) is 11.4 Å². The van der Waals surface area contributed by atoms with E-state index < -0.39 is 4.92 Å². The number of anilines is 1. The second-order valence-electron chi connectivity index (χ2n) is 4.90. The summed E-state index contributed by atoms with van der Waals surface area (Å²) in [6, 6.07) is 4.29. The van der Waals surface area contributed by atoms with Crippen molar-refractivity contribution in [1.82, 2.24) is 5.32 Å². The van der Waals surface area contributed by atoms with Crippen LogP contribution in [-0.2, 0) is 0 Å². The topological polar surface area (TPSA) is 110 Å². The highest BCUT2D eigenvalue weighted by molar-refractivity contribution is 6.01. The average Bonchev–Trinajstić information content (AvgIpc) is 2.51. The van der Waals surface area contributed by atoms with Gasteiger partial charge >= 0.3 is 0 Å². The van der Waals surface area contributed by atoms with E-state index in [0.717, 1.165) is 19.3 Å². The van der Waals surface area contributed by atoms with E-state index in [1.54, 1.807) is 0 Å². The lowest BCUT2D eigenvalue weighted by Gasteiger charge is -2.32. The molecule has 0 saturated heterocycles. The number of para-hydroxylation sites is 1. The van der Waals surface area contributed by atoms with Crippen LogP contribution in [0.25, 0.3) is 0 Å². The van der Waals surface area contributed by atoms with Crippen LogP contribution in [0.5, 0.6) is 0 Å². The van der Waals surface area contributed by atoms with Gasteiger partial charge in [-0.1, -0.05) is 26.8 Å².